The summed E-state index contributed by atoms with van der Waals surface area (Å²) in [6.07, 6.45) is 0. The molecule has 1 unspecified atom stereocenters. The fourth-order valence-corrected chi connectivity index (χ4v) is 2.70. The van der Waals surface area contributed by atoms with Crippen molar-refractivity contribution in [2.45, 2.75) is 17.3 Å². The zero-order valence-electron chi connectivity index (χ0n) is 10.4. The number of aromatic nitrogens is 2. The summed E-state index contributed by atoms with van der Waals surface area (Å²) in [5, 5.41) is 9.06. The number of nitrogens with zero attached hydrogens (tertiary/aromatic N) is 2. The molecule has 1 aromatic carbocycles. The number of hydrogen-bond donors (Lipinski definition) is 1. The Morgan fingerprint density at radius 2 is 2.16 bits per heavy atom. The fourth-order valence-electron chi connectivity index (χ4n) is 1.87. The summed E-state index contributed by atoms with van der Waals surface area (Å²) in [4.78, 5) is 15.3. The van der Waals surface area contributed by atoms with Crippen molar-refractivity contribution in [3.05, 3.63) is 12.1 Å². The number of aryl methyl sites for hydroxylation is 1. The van der Waals surface area contributed by atoms with Gasteiger partial charge in [-0.2, -0.15) is 0 Å². The maximum Gasteiger partial charge on any atom is 0.316 e. The number of benzene rings is 1. The van der Waals surface area contributed by atoms with Gasteiger partial charge in [0.2, 0.25) is 6.79 Å². The number of hydrogen-bond acceptors (Lipinski definition) is 5. The van der Waals surface area contributed by atoms with E-state index in [0.717, 1.165) is 11.0 Å². The predicted molar refractivity (Wildman–Crippen MR) is 69.8 cm³/mol. The van der Waals surface area contributed by atoms with E-state index in [1.165, 1.54) is 11.8 Å². The van der Waals surface area contributed by atoms with Gasteiger partial charge in [0.25, 0.3) is 0 Å². The van der Waals surface area contributed by atoms with Crippen LogP contribution in [0.5, 0.6) is 11.5 Å². The van der Waals surface area contributed by atoms with E-state index in [-0.39, 0.29) is 6.79 Å². The molecule has 6 nitrogen and oxygen atoms in total. The lowest BCUT2D eigenvalue weighted by molar-refractivity contribution is -0.136. The maximum atomic E-state index is 10.9. The lowest BCUT2D eigenvalue weighted by Crippen LogP contribution is -2.12. The molecule has 0 spiro atoms. The molecule has 1 atom stereocenters. The number of carboxylic acid groups (broad SMARTS) is 1. The molecule has 0 saturated heterocycles. The van der Waals surface area contributed by atoms with Gasteiger partial charge in [0.15, 0.2) is 16.7 Å². The second kappa shape index (κ2) is 4.34. The van der Waals surface area contributed by atoms with Crippen molar-refractivity contribution < 1.29 is 19.4 Å². The molecule has 0 radical (unpaired) electrons. The molecule has 3 rings (SSSR count). The molecular weight excluding hydrogens is 268 g/mol. The summed E-state index contributed by atoms with van der Waals surface area (Å²) in [5.41, 5.74) is 1.66. The molecular formula is C12H12N2O4S. The average molecular weight is 280 g/mol. The van der Waals surface area contributed by atoms with Gasteiger partial charge >= 0.3 is 5.97 Å². The smallest absolute Gasteiger partial charge is 0.316 e. The Morgan fingerprint density at radius 1 is 1.47 bits per heavy atom. The first-order chi connectivity index (χ1) is 9.06. The quantitative estimate of drug-likeness (QED) is 0.865. The molecule has 1 aromatic heterocycles. The Balaban J connectivity index is 2.03. The summed E-state index contributed by atoms with van der Waals surface area (Å²) in [7, 11) is 1.86. The molecule has 19 heavy (non-hydrogen) atoms. The van der Waals surface area contributed by atoms with Gasteiger partial charge in [-0.15, -0.1) is 0 Å². The van der Waals surface area contributed by atoms with Crippen LogP contribution in [0.1, 0.15) is 6.92 Å². The van der Waals surface area contributed by atoms with Crippen LogP contribution in [0.15, 0.2) is 17.3 Å². The van der Waals surface area contributed by atoms with Crippen molar-refractivity contribution in [1.29, 1.82) is 0 Å². The van der Waals surface area contributed by atoms with Crippen molar-refractivity contribution in [2.75, 3.05) is 6.79 Å². The van der Waals surface area contributed by atoms with Gasteiger partial charge in [-0.1, -0.05) is 11.8 Å². The van der Waals surface area contributed by atoms with Gasteiger partial charge in [-0.3, -0.25) is 4.79 Å². The van der Waals surface area contributed by atoms with Crippen molar-refractivity contribution in [3.63, 3.8) is 0 Å². The average Bonchev–Trinajstić information content (AvgIpc) is 2.93. The summed E-state index contributed by atoms with van der Waals surface area (Å²) in [5.74, 6) is 0.512. The van der Waals surface area contributed by atoms with Gasteiger partial charge in [0.1, 0.15) is 5.25 Å². The number of imidazole rings is 1. The van der Waals surface area contributed by atoms with Crippen LogP contribution in [0.4, 0.5) is 0 Å². The monoisotopic (exact) mass is 280 g/mol. The van der Waals surface area contributed by atoms with E-state index >= 15 is 0 Å². The third-order valence-corrected chi connectivity index (χ3v) is 4.10. The molecule has 1 aliphatic rings. The third-order valence-electron chi connectivity index (χ3n) is 2.96. The maximum absolute atomic E-state index is 10.9. The normalized spacial score (nSPS) is 14.8. The second-order valence-corrected chi connectivity index (χ2v) is 5.55. The van der Waals surface area contributed by atoms with E-state index in [0.29, 0.717) is 16.7 Å². The van der Waals surface area contributed by atoms with Gasteiger partial charge in [0, 0.05) is 19.2 Å². The number of carbonyl (C=O) groups is 1. The Kier molecular flexibility index (Phi) is 2.78. The summed E-state index contributed by atoms with van der Waals surface area (Å²) in [6, 6.07) is 3.67. The second-order valence-electron chi connectivity index (χ2n) is 4.25. The highest BCUT2D eigenvalue weighted by molar-refractivity contribution is 8.00. The molecule has 1 aliphatic heterocycles. The van der Waals surface area contributed by atoms with E-state index in [2.05, 4.69) is 4.98 Å². The highest BCUT2D eigenvalue weighted by Gasteiger charge is 2.20. The van der Waals surface area contributed by atoms with Crippen molar-refractivity contribution >= 4 is 28.8 Å². The van der Waals surface area contributed by atoms with Crippen LogP contribution in [-0.2, 0) is 11.8 Å². The minimum absolute atomic E-state index is 0.226. The van der Waals surface area contributed by atoms with E-state index in [4.69, 9.17) is 14.6 Å². The van der Waals surface area contributed by atoms with Crippen LogP contribution in [0, 0.1) is 0 Å². The minimum Gasteiger partial charge on any atom is -0.480 e. The van der Waals surface area contributed by atoms with Crippen molar-refractivity contribution in [1.82, 2.24) is 9.55 Å². The molecule has 7 heteroatoms. The van der Waals surface area contributed by atoms with Crippen LogP contribution in [0.3, 0.4) is 0 Å². The summed E-state index contributed by atoms with van der Waals surface area (Å²) in [6.45, 7) is 1.86. The zero-order valence-corrected chi connectivity index (χ0v) is 11.2. The van der Waals surface area contributed by atoms with Crippen molar-refractivity contribution in [2.24, 2.45) is 7.05 Å². The first-order valence-corrected chi connectivity index (χ1v) is 6.60. The van der Waals surface area contributed by atoms with Crippen LogP contribution in [0.2, 0.25) is 0 Å². The van der Waals surface area contributed by atoms with Gasteiger partial charge < -0.3 is 19.1 Å². The fraction of sp³-hybridized carbons (Fsp3) is 0.333. The first-order valence-electron chi connectivity index (χ1n) is 5.72. The molecule has 1 N–H and O–H groups in total. The molecule has 0 bridgehead atoms. The molecule has 0 aliphatic carbocycles. The van der Waals surface area contributed by atoms with Gasteiger partial charge in [-0.25, -0.2) is 4.98 Å². The predicted octanol–water partition coefficient (Wildman–Crippen LogP) is 1.87. The number of rotatable bonds is 3. The van der Waals surface area contributed by atoms with Gasteiger partial charge in [-0.05, 0) is 6.92 Å². The molecule has 2 heterocycles. The molecule has 0 fully saturated rings. The number of aliphatic carboxylic acids is 1. The van der Waals surface area contributed by atoms with Crippen molar-refractivity contribution in [3.8, 4) is 11.5 Å². The lowest BCUT2D eigenvalue weighted by atomic mass is 10.3. The Labute approximate surface area is 113 Å². The topological polar surface area (TPSA) is 73.6 Å². The van der Waals surface area contributed by atoms with Crippen LogP contribution in [-0.4, -0.2) is 32.7 Å². The Bertz CT molecular complexity index is 667. The van der Waals surface area contributed by atoms with Crippen LogP contribution >= 0.6 is 11.8 Å². The Morgan fingerprint density at radius 3 is 2.84 bits per heavy atom. The summed E-state index contributed by atoms with van der Waals surface area (Å²) >= 11 is 1.21. The largest absolute Gasteiger partial charge is 0.480 e. The zero-order chi connectivity index (χ0) is 13.6. The first kappa shape index (κ1) is 12.2. The number of fused-ring (bicyclic) bond motifs is 2. The summed E-state index contributed by atoms with van der Waals surface area (Å²) < 4.78 is 12.5. The van der Waals surface area contributed by atoms with E-state index in [1.54, 1.807) is 6.92 Å². The highest BCUT2D eigenvalue weighted by atomic mass is 32.2. The number of ether oxygens (including phenoxy) is 2. The number of thioether (sulfide) groups is 1. The molecule has 100 valence electrons. The highest BCUT2D eigenvalue weighted by Crippen LogP contribution is 2.37. The van der Waals surface area contributed by atoms with E-state index in [1.807, 2.05) is 23.7 Å². The molecule has 0 amide bonds. The van der Waals surface area contributed by atoms with Crippen LogP contribution in [0.25, 0.3) is 11.0 Å². The van der Waals surface area contributed by atoms with Crippen LogP contribution < -0.4 is 9.47 Å². The van der Waals surface area contributed by atoms with Gasteiger partial charge in [0.05, 0.1) is 11.0 Å². The minimum atomic E-state index is -0.855. The van der Waals surface area contributed by atoms with E-state index < -0.39 is 11.2 Å². The Hall–Kier alpha value is -1.89. The lowest BCUT2D eigenvalue weighted by Gasteiger charge is -2.05. The molecule has 2 aromatic rings. The molecule has 0 saturated carbocycles. The standard InChI is InChI=1S/C12H12N2O4S/c1-6(11(15)16)19-12-13-7-3-9-10(18-5-17-9)4-8(7)14(12)2/h3-4,6H,5H2,1-2H3,(H,15,16). The third kappa shape index (κ3) is 1.99. The SMILES string of the molecule is CC(Sc1nc2cc3c(cc2n1C)OCO3)C(=O)O. The van der Waals surface area contributed by atoms with E-state index in [9.17, 15) is 4.79 Å². The number of carboxylic acids is 1.